The summed E-state index contributed by atoms with van der Waals surface area (Å²) in [7, 11) is 0. The number of aromatic nitrogens is 2. The van der Waals surface area contributed by atoms with Crippen LogP contribution < -0.4 is 5.32 Å². The molecule has 1 amide bonds. The van der Waals surface area contributed by atoms with Crippen LogP contribution >= 0.6 is 0 Å². The number of nitrogens with one attached hydrogen (secondary N) is 1. The number of rotatable bonds is 5. The standard InChI is InChI=1S/C19H19N3O2/c1-13(18-8-5-11-24-18)20-19(23)17-12-16(14-9-10-14)21-22(17)15-6-3-2-4-7-15/h2-8,11-14H,9-10H2,1H3,(H,20,23)/t13-/m1/s1. The van der Waals surface area contributed by atoms with Gasteiger partial charge in [0.05, 0.1) is 23.7 Å². The molecule has 0 bridgehead atoms. The van der Waals surface area contributed by atoms with Crippen LogP contribution in [0.5, 0.6) is 0 Å². The number of hydrogen-bond donors (Lipinski definition) is 1. The Morgan fingerprint density at radius 1 is 1.25 bits per heavy atom. The molecule has 24 heavy (non-hydrogen) atoms. The average Bonchev–Trinajstić information content (AvgIpc) is 3.14. The molecule has 4 rings (SSSR count). The Morgan fingerprint density at radius 2 is 2.04 bits per heavy atom. The summed E-state index contributed by atoms with van der Waals surface area (Å²) in [6.45, 7) is 1.90. The van der Waals surface area contributed by atoms with E-state index in [2.05, 4.69) is 10.4 Å². The molecule has 0 saturated heterocycles. The molecule has 0 aliphatic heterocycles. The summed E-state index contributed by atoms with van der Waals surface area (Å²) in [5, 5.41) is 7.65. The molecule has 1 fully saturated rings. The lowest BCUT2D eigenvalue weighted by Crippen LogP contribution is -2.28. The normalized spacial score (nSPS) is 15.2. The predicted octanol–water partition coefficient (Wildman–Crippen LogP) is 3.83. The second-order valence-corrected chi connectivity index (χ2v) is 6.19. The lowest BCUT2D eigenvalue weighted by molar-refractivity contribution is 0.0927. The second kappa shape index (κ2) is 6.00. The van der Waals surface area contributed by atoms with E-state index in [1.54, 1.807) is 10.9 Å². The van der Waals surface area contributed by atoms with E-state index in [-0.39, 0.29) is 11.9 Å². The Hall–Kier alpha value is -2.82. The molecule has 1 N–H and O–H groups in total. The van der Waals surface area contributed by atoms with Crippen molar-refractivity contribution >= 4 is 5.91 Å². The van der Waals surface area contributed by atoms with Gasteiger partial charge in [0.25, 0.3) is 5.91 Å². The van der Waals surface area contributed by atoms with Gasteiger partial charge >= 0.3 is 0 Å². The molecule has 2 heterocycles. The lowest BCUT2D eigenvalue weighted by atomic mass is 10.2. The van der Waals surface area contributed by atoms with Crippen molar-refractivity contribution in [3.63, 3.8) is 0 Å². The van der Waals surface area contributed by atoms with E-state index in [0.29, 0.717) is 11.6 Å². The molecule has 0 spiro atoms. The van der Waals surface area contributed by atoms with E-state index in [1.165, 1.54) is 0 Å². The maximum absolute atomic E-state index is 12.8. The minimum Gasteiger partial charge on any atom is -0.467 e. The SMILES string of the molecule is C[C@@H](NC(=O)c1cc(C2CC2)nn1-c1ccccc1)c1ccco1. The van der Waals surface area contributed by atoms with Gasteiger partial charge in [0.1, 0.15) is 11.5 Å². The van der Waals surface area contributed by atoms with Gasteiger partial charge in [-0.1, -0.05) is 18.2 Å². The summed E-state index contributed by atoms with van der Waals surface area (Å²) in [6, 6.07) is 15.1. The molecular formula is C19H19N3O2. The molecule has 0 radical (unpaired) electrons. The van der Waals surface area contributed by atoms with Crippen molar-refractivity contribution in [1.29, 1.82) is 0 Å². The van der Waals surface area contributed by atoms with Gasteiger partial charge in [-0.3, -0.25) is 4.79 Å². The van der Waals surface area contributed by atoms with Crippen LogP contribution in [-0.2, 0) is 0 Å². The zero-order valence-corrected chi connectivity index (χ0v) is 13.5. The topological polar surface area (TPSA) is 60.1 Å². The predicted molar refractivity (Wildman–Crippen MR) is 90.1 cm³/mol. The first-order chi connectivity index (χ1) is 11.7. The zero-order valence-electron chi connectivity index (χ0n) is 13.5. The fourth-order valence-electron chi connectivity index (χ4n) is 2.79. The van der Waals surface area contributed by atoms with Gasteiger partial charge in [0.15, 0.2) is 0 Å². The van der Waals surface area contributed by atoms with Gasteiger partial charge < -0.3 is 9.73 Å². The molecular weight excluding hydrogens is 302 g/mol. The van der Waals surface area contributed by atoms with Crippen LogP contribution in [-0.4, -0.2) is 15.7 Å². The summed E-state index contributed by atoms with van der Waals surface area (Å²) >= 11 is 0. The van der Waals surface area contributed by atoms with Crippen LogP contribution in [0.4, 0.5) is 0 Å². The second-order valence-electron chi connectivity index (χ2n) is 6.19. The van der Waals surface area contributed by atoms with Crippen LogP contribution in [0, 0.1) is 0 Å². The molecule has 5 nitrogen and oxygen atoms in total. The van der Waals surface area contributed by atoms with E-state index in [9.17, 15) is 4.79 Å². The number of carbonyl (C=O) groups is 1. The summed E-state index contributed by atoms with van der Waals surface area (Å²) < 4.78 is 7.10. The Bertz CT molecular complexity index is 833. The molecule has 3 aromatic rings. The fourth-order valence-corrected chi connectivity index (χ4v) is 2.79. The number of carbonyl (C=O) groups excluding carboxylic acids is 1. The fraction of sp³-hybridized carbons (Fsp3) is 0.263. The number of amides is 1. The number of furan rings is 1. The number of nitrogens with zero attached hydrogens (tertiary/aromatic N) is 2. The maximum Gasteiger partial charge on any atom is 0.270 e. The highest BCUT2D eigenvalue weighted by Crippen LogP contribution is 2.39. The maximum atomic E-state index is 12.8. The van der Waals surface area contributed by atoms with Crippen molar-refractivity contribution in [2.24, 2.45) is 0 Å². The summed E-state index contributed by atoms with van der Waals surface area (Å²) in [5.41, 5.74) is 2.44. The molecule has 5 heteroatoms. The monoisotopic (exact) mass is 321 g/mol. The summed E-state index contributed by atoms with van der Waals surface area (Å²) in [6.07, 6.45) is 3.91. The molecule has 1 aromatic carbocycles. The minimum atomic E-state index is -0.198. The first kappa shape index (κ1) is 14.8. The molecule has 122 valence electrons. The molecule has 1 atom stereocenters. The quantitative estimate of drug-likeness (QED) is 0.777. The van der Waals surface area contributed by atoms with Gasteiger partial charge in [-0.05, 0) is 50.1 Å². The summed E-state index contributed by atoms with van der Waals surface area (Å²) in [4.78, 5) is 12.8. The first-order valence-corrected chi connectivity index (χ1v) is 8.22. The van der Waals surface area contributed by atoms with E-state index in [4.69, 9.17) is 4.42 Å². The Balaban J connectivity index is 1.64. The highest BCUT2D eigenvalue weighted by Gasteiger charge is 2.29. The third-order valence-electron chi connectivity index (χ3n) is 4.27. The van der Waals surface area contributed by atoms with Crippen molar-refractivity contribution in [3.8, 4) is 5.69 Å². The van der Waals surface area contributed by atoms with Crippen LogP contribution in [0.15, 0.2) is 59.2 Å². The Morgan fingerprint density at radius 3 is 2.71 bits per heavy atom. The molecule has 1 saturated carbocycles. The minimum absolute atomic E-state index is 0.151. The van der Waals surface area contributed by atoms with Crippen molar-refractivity contribution in [3.05, 3.63) is 71.9 Å². The van der Waals surface area contributed by atoms with E-state index in [0.717, 1.165) is 30.0 Å². The molecule has 1 aliphatic carbocycles. The highest BCUT2D eigenvalue weighted by atomic mass is 16.3. The van der Waals surface area contributed by atoms with Crippen LogP contribution in [0.25, 0.3) is 5.69 Å². The third kappa shape index (κ3) is 2.85. The largest absolute Gasteiger partial charge is 0.467 e. The zero-order chi connectivity index (χ0) is 16.5. The van der Waals surface area contributed by atoms with E-state index < -0.39 is 0 Å². The van der Waals surface area contributed by atoms with Crippen molar-refractivity contribution in [2.45, 2.75) is 31.7 Å². The third-order valence-corrected chi connectivity index (χ3v) is 4.27. The van der Waals surface area contributed by atoms with Crippen molar-refractivity contribution < 1.29 is 9.21 Å². The Kier molecular flexibility index (Phi) is 3.69. The lowest BCUT2D eigenvalue weighted by Gasteiger charge is -2.12. The van der Waals surface area contributed by atoms with Crippen LogP contribution in [0.1, 0.15) is 53.7 Å². The summed E-state index contributed by atoms with van der Waals surface area (Å²) in [5.74, 6) is 1.07. The van der Waals surface area contributed by atoms with Gasteiger partial charge in [-0.25, -0.2) is 4.68 Å². The number of hydrogen-bond acceptors (Lipinski definition) is 3. The number of para-hydroxylation sites is 1. The van der Waals surface area contributed by atoms with Crippen LogP contribution in [0.3, 0.4) is 0 Å². The van der Waals surface area contributed by atoms with Gasteiger partial charge in [0, 0.05) is 5.92 Å². The van der Waals surface area contributed by atoms with E-state index in [1.807, 2.05) is 55.5 Å². The van der Waals surface area contributed by atoms with E-state index >= 15 is 0 Å². The highest BCUT2D eigenvalue weighted by molar-refractivity contribution is 5.93. The van der Waals surface area contributed by atoms with Crippen molar-refractivity contribution in [1.82, 2.24) is 15.1 Å². The van der Waals surface area contributed by atoms with Gasteiger partial charge in [-0.15, -0.1) is 0 Å². The Labute approximate surface area is 140 Å². The number of benzene rings is 1. The average molecular weight is 321 g/mol. The first-order valence-electron chi connectivity index (χ1n) is 8.22. The van der Waals surface area contributed by atoms with Crippen molar-refractivity contribution in [2.75, 3.05) is 0 Å². The molecule has 0 unspecified atom stereocenters. The van der Waals surface area contributed by atoms with Crippen LogP contribution in [0.2, 0.25) is 0 Å². The molecule has 2 aromatic heterocycles. The molecule has 1 aliphatic rings. The van der Waals surface area contributed by atoms with Gasteiger partial charge in [0.2, 0.25) is 0 Å². The smallest absolute Gasteiger partial charge is 0.270 e. The van der Waals surface area contributed by atoms with Gasteiger partial charge in [-0.2, -0.15) is 5.10 Å².